The molecule has 0 amide bonds. The van der Waals surface area contributed by atoms with Gasteiger partial charge in [-0.3, -0.25) is 0 Å². The Morgan fingerprint density at radius 2 is 2.00 bits per heavy atom. The Balaban J connectivity index is 3.69. The first-order chi connectivity index (χ1) is 6.40. The van der Waals surface area contributed by atoms with Crippen LogP contribution in [0.3, 0.4) is 0 Å². The van der Waals surface area contributed by atoms with Gasteiger partial charge in [0.05, 0.1) is 6.61 Å². The molecule has 0 aromatic heterocycles. The fraction of sp³-hybridized carbons (Fsp3) is 0.750. The summed E-state index contributed by atoms with van der Waals surface area (Å²) >= 11 is 0. The number of rotatable bonds is 6. The highest BCUT2D eigenvalue weighted by atomic mass is 19.3. The Morgan fingerprint density at radius 3 is 2.43 bits per heavy atom. The summed E-state index contributed by atoms with van der Waals surface area (Å²) in [5.74, 6) is -1.93. The molecule has 0 fully saturated rings. The fourth-order valence-corrected chi connectivity index (χ4v) is 0.620. The van der Waals surface area contributed by atoms with E-state index in [2.05, 4.69) is 10.7 Å². The molecule has 0 rings (SSSR count). The van der Waals surface area contributed by atoms with Crippen LogP contribution >= 0.6 is 0 Å². The zero-order valence-corrected chi connectivity index (χ0v) is 7.35. The molecule has 0 aliphatic heterocycles. The summed E-state index contributed by atoms with van der Waals surface area (Å²) in [4.78, 5) is 0. The lowest BCUT2D eigenvalue weighted by atomic mass is 10.2. The third-order valence-corrected chi connectivity index (χ3v) is 1.33. The van der Waals surface area contributed by atoms with Crippen LogP contribution < -0.4 is 5.73 Å². The molecule has 0 aromatic rings. The van der Waals surface area contributed by atoms with Crippen LogP contribution in [0, 0.1) is 12.3 Å². The van der Waals surface area contributed by atoms with Gasteiger partial charge in [-0.1, -0.05) is 0 Å². The van der Waals surface area contributed by atoms with Crippen molar-refractivity contribution in [2.24, 2.45) is 5.73 Å². The summed E-state index contributed by atoms with van der Waals surface area (Å²) in [5.41, 5.74) is 5.29. The van der Waals surface area contributed by atoms with Crippen LogP contribution in [-0.2, 0) is 4.74 Å². The average molecular weight is 213 g/mol. The lowest BCUT2D eigenvalue weighted by Crippen LogP contribution is -2.35. The zero-order chi connectivity index (χ0) is 11.2. The third kappa shape index (κ3) is 5.04. The van der Waals surface area contributed by atoms with Gasteiger partial charge in [0.15, 0.2) is 0 Å². The van der Waals surface area contributed by atoms with Crippen molar-refractivity contribution in [3.8, 4) is 12.3 Å². The molecule has 0 heterocycles. The molecule has 0 aliphatic carbocycles. The van der Waals surface area contributed by atoms with E-state index in [1.807, 2.05) is 0 Å². The van der Waals surface area contributed by atoms with Crippen LogP contribution in [0.15, 0.2) is 0 Å². The topological polar surface area (TPSA) is 35.2 Å². The smallest absolute Gasteiger partial charge is 0.330 e. The second-order valence-corrected chi connectivity index (χ2v) is 2.75. The molecule has 82 valence electrons. The second-order valence-electron chi connectivity index (χ2n) is 2.75. The number of hydrogen-bond donors (Lipinski definition) is 1. The van der Waals surface area contributed by atoms with Gasteiger partial charge in [-0.05, 0) is 0 Å². The lowest BCUT2D eigenvalue weighted by Gasteiger charge is -2.16. The van der Waals surface area contributed by atoms with Gasteiger partial charge in [0.1, 0.15) is 6.61 Å². The molecule has 0 spiro atoms. The van der Waals surface area contributed by atoms with Crippen LogP contribution in [-0.4, -0.2) is 31.6 Å². The largest absolute Gasteiger partial charge is 0.373 e. The highest BCUT2D eigenvalue weighted by Gasteiger charge is 2.40. The first-order valence-corrected chi connectivity index (χ1v) is 3.83. The SMILES string of the molecule is C#CCC(N)COCC(F)(F)C(F)F. The summed E-state index contributed by atoms with van der Waals surface area (Å²) in [6, 6.07) is -0.603. The molecule has 0 saturated carbocycles. The van der Waals surface area contributed by atoms with E-state index in [9.17, 15) is 17.6 Å². The highest BCUT2D eigenvalue weighted by molar-refractivity contribution is 4.88. The summed E-state index contributed by atoms with van der Waals surface area (Å²) < 4.78 is 52.0. The van der Waals surface area contributed by atoms with Crippen molar-refractivity contribution in [1.82, 2.24) is 0 Å². The minimum absolute atomic E-state index is 0.153. The number of hydrogen-bond acceptors (Lipinski definition) is 2. The van der Waals surface area contributed by atoms with E-state index in [1.54, 1.807) is 0 Å². The van der Waals surface area contributed by atoms with Crippen molar-refractivity contribution in [3.63, 3.8) is 0 Å². The number of terminal acetylenes is 1. The Labute approximate surface area is 79.4 Å². The standard InChI is InChI=1S/C8H11F4NO/c1-2-3-6(13)4-14-5-8(11,12)7(9)10/h1,6-7H,3-5,13H2. The van der Waals surface area contributed by atoms with Gasteiger partial charge >= 0.3 is 12.3 Å². The van der Waals surface area contributed by atoms with Gasteiger partial charge in [-0.25, -0.2) is 8.78 Å². The van der Waals surface area contributed by atoms with E-state index in [1.165, 1.54) is 0 Å². The molecule has 6 heteroatoms. The maximum absolute atomic E-state index is 12.2. The Hall–Kier alpha value is -0.800. The van der Waals surface area contributed by atoms with Crippen LogP contribution in [0.5, 0.6) is 0 Å². The Kier molecular flexibility index (Phi) is 5.50. The predicted molar refractivity (Wildman–Crippen MR) is 43.2 cm³/mol. The Morgan fingerprint density at radius 1 is 1.43 bits per heavy atom. The molecule has 0 aromatic carbocycles. The highest BCUT2D eigenvalue weighted by Crippen LogP contribution is 2.22. The van der Waals surface area contributed by atoms with E-state index in [-0.39, 0.29) is 13.0 Å². The fourth-order valence-electron chi connectivity index (χ4n) is 0.620. The van der Waals surface area contributed by atoms with Crippen LogP contribution in [0.1, 0.15) is 6.42 Å². The van der Waals surface area contributed by atoms with Crippen LogP contribution in [0.4, 0.5) is 17.6 Å². The van der Waals surface area contributed by atoms with Gasteiger partial charge in [-0.15, -0.1) is 12.3 Å². The van der Waals surface area contributed by atoms with E-state index >= 15 is 0 Å². The van der Waals surface area contributed by atoms with Crippen molar-refractivity contribution in [2.75, 3.05) is 13.2 Å². The summed E-state index contributed by atoms with van der Waals surface area (Å²) in [6.45, 7) is -1.60. The molecule has 0 radical (unpaired) electrons. The first-order valence-electron chi connectivity index (χ1n) is 3.83. The van der Waals surface area contributed by atoms with Gasteiger partial charge in [0, 0.05) is 12.5 Å². The van der Waals surface area contributed by atoms with E-state index < -0.39 is 25.0 Å². The van der Waals surface area contributed by atoms with Gasteiger partial charge in [-0.2, -0.15) is 8.78 Å². The minimum Gasteiger partial charge on any atom is -0.373 e. The lowest BCUT2D eigenvalue weighted by molar-refractivity contribution is -0.166. The van der Waals surface area contributed by atoms with Crippen molar-refractivity contribution in [2.45, 2.75) is 24.8 Å². The van der Waals surface area contributed by atoms with Crippen LogP contribution in [0.25, 0.3) is 0 Å². The molecule has 0 bridgehead atoms. The van der Waals surface area contributed by atoms with Gasteiger partial charge in [0.2, 0.25) is 0 Å². The number of halogens is 4. The molecular weight excluding hydrogens is 202 g/mol. The molecule has 2 N–H and O–H groups in total. The third-order valence-electron chi connectivity index (χ3n) is 1.33. The average Bonchev–Trinajstić information content (AvgIpc) is 2.04. The molecular formula is C8H11F4NO. The van der Waals surface area contributed by atoms with E-state index in [0.29, 0.717) is 0 Å². The molecule has 1 unspecified atom stereocenters. The number of nitrogens with two attached hydrogens (primary N) is 1. The van der Waals surface area contributed by atoms with Crippen molar-refractivity contribution < 1.29 is 22.3 Å². The summed E-state index contributed by atoms with van der Waals surface area (Å²) in [7, 11) is 0. The van der Waals surface area contributed by atoms with Crippen molar-refractivity contribution in [3.05, 3.63) is 0 Å². The predicted octanol–water partition coefficient (Wildman–Crippen LogP) is 1.25. The first kappa shape index (κ1) is 13.2. The molecule has 14 heavy (non-hydrogen) atoms. The number of alkyl halides is 4. The van der Waals surface area contributed by atoms with Gasteiger partial charge < -0.3 is 10.5 Å². The maximum Gasteiger partial charge on any atom is 0.330 e. The van der Waals surface area contributed by atoms with Crippen LogP contribution in [0.2, 0.25) is 0 Å². The minimum atomic E-state index is -4.13. The summed E-state index contributed by atoms with van der Waals surface area (Å²) in [6.07, 6.45) is 1.30. The Bertz CT molecular complexity index is 202. The normalized spacial score (nSPS) is 14.1. The van der Waals surface area contributed by atoms with E-state index in [0.717, 1.165) is 0 Å². The second kappa shape index (κ2) is 5.83. The number of ether oxygens (including phenoxy) is 1. The summed E-state index contributed by atoms with van der Waals surface area (Å²) in [5, 5.41) is 0. The quantitative estimate of drug-likeness (QED) is 0.532. The molecule has 2 nitrogen and oxygen atoms in total. The molecule has 1 atom stereocenters. The van der Waals surface area contributed by atoms with E-state index in [4.69, 9.17) is 12.2 Å². The molecule has 0 aliphatic rings. The van der Waals surface area contributed by atoms with Crippen molar-refractivity contribution in [1.29, 1.82) is 0 Å². The van der Waals surface area contributed by atoms with Crippen molar-refractivity contribution >= 4 is 0 Å². The maximum atomic E-state index is 12.2. The monoisotopic (exact) mass is 213 g/mol. The zero-order valence-electron chi connectivity index (χ0n) is 7.35. The molecule has 0 saturated heterocycles. The van der Waals surface area contributed by atoms with Gasteiger partial charge in [0.25, 0.3) is 0 Å².